The lowest BCUT2D eigenvalue weighted by molar-refractivity contribution is -0.332. The molecule has 2 heterocycles. The molecular formula is C43H72O14. The molecule has 0 aromatic carbocycles. The van der Waals surface area contributed by atoms with E-state index >= 15 is 0 Å². The fourth-order valence-corrected chi connectivity index (χ4v) is 6.07. The molecule has 7 N–H and O–H groups in total. The monoisotopic (exact) mass is 812 g/mol. The van der Waals surface area contributed by atoms with Crippen molar-refractivity contribution < 1.29 is 69.0 Å². The maximum Gasteiger partial charge on any atom is 0.306 e. The molecule has 2 rings (SSSR count). The highest BCUT2D eigenvalue weighted by Crippen LogP contribution is 2.26. The molecule has 11 unspecified atom stereocenters. The third kappa shape index (κ3) is 21.0. The number of hydrogen-bond donors (Lipinski definition) is 7. The van der Waals surface area contributed by atoms with Crippen LogP contribution in [0.25, 0.3) is 0 Å². The summed E-state index contributed by atoms with van der Waals surface area (Å²) in [5.74, 6) is -0.409. The van der Waals surface area contributed by atoms with Crippen LogP contribution in [0, 0.1) is 0 Å². The highest BCUT2D eigenvalue weighted by Gasteiger charge is 2.47. The van der Waals surface area contributed by atoms with Gasteiger partial charge < -0.3 is 64.2 Å². The third-order valence-electron chi connectivity index (χ3n) is 9.54. The van der Waals surface area contributed by atoms with Gasteiger partial charge in [-0.15, -0.1) is 0 Å². The number of esters is 1. The van der Waals surface area contributed by atoms with Crippen LogP contribution < -0.4 is 0 Å². The van der Waals surface area contributed by atoms with E-state index in [9.17, 15) is 40.5 Å². The molecule has 0 bridgehead atoms. The Balaban J connectivity index is 1.79. The summed E-state index contributed by atoms with van der Waals surface area (Å²) in [6.07, 6.45) is 17.9. The molecule has 0 aliphatic carbocycles. The number of carbonyl (C=O) groups excluding carboxylic acids is 1. The number of ether oxygens (including phenoxy) is 6. The SMILES string of the molecule is CC/C=C\C/C=C\C/C=C\C/C=C\C/C=C\CCCCOCC(COC1OC(COC2OC(CO)C(O)C(O)C2O)C(O)C(O)C1O)OC(=O)CCCCCCC. The summed E-state index contributed by atoms with van der Waals surface area (Å²) in [5.41, 5.74) is 0. The van der Waals surface area contributed by atoms with Crippen LogP contribution in [0.3, 0.4) is 0 Å². The van der Waals surface area contributed by atoms with Gasteiger partial charge in [0.15, 0.2) is 12.6 Å². The van der Waals surface area contributed by atoms with Crippen molar-refractivity contribution in [3.05, 3.63) is 60.8 Å². The van der Waals surface area contributed by atoms with Gasteiger partial charge in [-0.25, -0.2) is 0 Å². The van der Waals surface area contributed by atoms with E-state index in [0.29, 0.717) is 13.0 Å². The van der Waals surface area contributed by atoms with E-state index in [1.807, 2.05) is 0 Å². The zero-order valence-corrected chi connectivity index (χ0v) is 34.0. The van der Waals surface area contributed by atoms with Crippen LogP contribution in [-0.2, 0) is 33.2 Å². The molecule has 0 spiro atoms. The highest BCUT2D eigenvalue weighted by molar-refractivity contribution is 5.69. The molecule has 0 aromatic rings. The number of unbranched alkanes of at least 4 members (excludes halogenated alkanes) is 6. The molecule has 2 fully saturated rings. The van der Waals surface area contributed by atoms with Gasteiger partial charge in [-0.3, -0.25) is 4.79 Å². The first-order chi connectivity index (χ1) is 27.6. The summed E-state index contributed by atoms with van der Waals surface area (Å²) in [5, 5.41) is 71.5. The van der Waals surface area contributed by atoms with E-state index in [1.165, 1.54) is 0 Å². The minimum atomic E-state index is -1.71. The Morgan fingerprint density at radius 3 is 1.74 bits per heavy atom. The first kappa shape index (κ1) is 50.8. The number of aliphatic hydroxyl groups excluding tert-OH is 7. The Kier molecular flexibility index (Phi) is 28.2. The second-order valence-corrected chi connectivity index (χ2v) is 14.4. The van der Waals surface area contributed by atoms with Crippen molar-refractivity contribution in [1.82, 2.24) is 0 Å². The zero-order valence-electron chi connectivity index (χ0n) is 34.0. The third-order valence-corrected chi connectivity index (χ3v) is 9.54. The average molecular weight is 813 g/mol. The van der Waals surface area contributed by atoms with Crippen LogP contribution in [0.2, 0.25) is 0 Å². The Morgan fingerprint density at radius 1 is 0.596 bits per heavy atom. The zero-order chi connectivity index (χ0) is 41.7. The van der Waals surface area contributed by atoms with Crippen LogP contribution >= 0.6 is 0 Å². The maximum absolute atomic E-state index is 12.7. The average Bonchev–Trinajstić information content (AvgIpc) is 3.20. The van der Waals surface area contributed by atoms with Crippen LogP contribution in [-0.4, -0.2) is 142 Å². The van der Waals surface area contributed by atoms with Crippen LogP contribution in [0.4, 0.5) is 0 Å². The van der Waals surface area contributed by atoms with Gasteiger partial charge in [-0.1, -0.05) is 100 Å². The van der Waals surface area contributed by atoms with Gasteiger partial charge in [0.25, 0.3) is 0 Å². The molecule has 14 nitrogen and oxygen atoms in total. The van der Waals surface area contributed by atoms with Gasteiger partial charge >= 0.3 is 5.97 Å². The summed E-state index contributed by atoms with van der Waals surface area (Å²) in [7, 11) is 0. The van der Waals surface area contributed by atoms with Gasteiger partial charge in [0, 0.05) is 13.0 Å². The van der Waals surface area contributed by atoms with Crippen molar-refractivity contribution in [2.45, 2.75) is 171 Å². The molecule has 2 aliphatic heterocycles. The van der Waals surface area contributed by atoms with Crippen molar-refractivity contribution in [1.29, 1.82) is 0 Å². The standard InChI is InChI=1S/C43H72O14/c1-3-5-7-9-10-11-12-13-14-15-16-17-18-19-20-21-23-25-27-52-29-32(55-35(45)26-24-22-8-6-4-2)30-53-42-41(51)39(49)37(47)34(57-42)31-54-43-40(50)38(48)36(46)33(28-44)56-43/h5,7,10-11,13-14,16-17,19-20,32-34,36-44,46-51H,3-4,6,8-9,12,15,18,21-31H2,1-2H3/b7-5-,11-10-,14-13-,17-16-,20-19-. The summed E-state index contributed by atoms with van der Waals surface area (Å²) < 4.78 is 33.8. The second kappa shape index (κ2) is 31.6. The summed E-state index contributed by atoms with van der Waals surface area (Å²) in [6.45, 7) is 3.31. The van der Waals surface area contributed by atoms with E-state index in [2.05, 4.69) is 74.6 Å². The van der Waals surface area contributed by atoms with Crippen molar-refractivity contribution in [2.75, 3.05) is 33.0 Å². The lowest BCUT2D eigenvalue weighted by atomic mass is 9.98. The van der Waals surface area contributed by atoms with E-state index in [4.69, 9.17) is 28.4 Å². The normalized spacial score (nSPS) is 29.1. The molecule has 0 amide bonds. The van der Waals surface area contributed by atoms with E-state index in [-0.39, 0.29) is 19.6 Å². The van der Waals surface area contributed by atoms with Gasteiger partial charge in [0.2, 0.25) is 0 Å². The second-order valence-electron chi connectivity index (χ2n) is 14.4. The smallest absolute Gasteiger partial charge is 0.306 e. The topological polar surface area (TPSA) is 214 Å². The van der Waals surface area contributed by atoms with Gasteiger partial charge in [-0.2, -0.15) is 0 Å². The number of hydrogen-bond acceptors (Lipinski definition) is 14. The molecule has 0 aromatic heterocycles. The van der Waals surface area contributed by atoms with Crippen LogP contribution in [0.15, 0.2) is 60.8 Å². The Morgan fingerprint density at radius 2 is 1.14 bits per heavy atom. The van der Waals surface area contributed by atoms with Crippen molar-refractivity contribution in [2.24, 2.45) is 0 Å². The predicted molar refractivity (Wildman–Crippen MR) is 215 cm³/mol. The maximum atomic E-state index is 12.7. The number of aliphatic hydroxyl groups is 7. The predicted octanol–water partition coefficient (Wildman–Crippen LogP) is 3.84. The summed E-state index contributed by atoms with van der Waals surface area (Å²) in [6, 6.07) is 0. The van der Waals surface area contributed by atoms with Crippen LogP contribution in [0.5, 0.6) is 0 Å². The summed E-state index contributed by atoms with van der Waals surface area (Å²) >= 11 is 0. The first-order valence-electron chi connectivity index (χ1n) is 20.9. The van der Waals surface area contributed by atoms with Gasteiger partial charge in [-0.05, 0) is 57.8 Å². The van der Waals surface area contributed by atoms with Crippen molar-refractivity contribution in [3.8, 4) is 0 Å². The van der Waals surface area contributed by atoms with Crippen LogP contribution in [0.1, 0.15) is 104 Å². The Bertz CT molecular complexity index is 1170. The molecule has 0 saturated carbocycles. The molecule has 2 aliphatic rings. The molecule has 0 radical (unpaired) electrons. The largest absolute Gasteiger partial charge is 0.457 e. The number of allylic oxidation sites excluding steroid dienone is 10. The Hall–Kier alpha value is -2.31. The van der Waals surface area contributed by atoms with Crippen molar-refractivity contribution >= 4 is 5.97 Å². The number of carbonyl (C=O) groups is 1. The first-order valence-corrected chi connectivity index (χ1v) is 20.9. The fourth-order valence-electron chi connectivity index (χ4n) is 6.07. The highest BCUT2D eigenvalue weighted by atomic mass is 16.7. The molecular weight excluding hydrogens is 740 g/mol. The quantitative estimate of drug-likeness (QED) is 0.0312. The van der Waals surface area contributed by atoms with E-state index < -0.39 is 86.7 Å². The molecule has 328 valence electrons. The van der Waals surface area contributed by atoms with Crippen molar-refractivity contribution in [3.63, 3.8) is 0 Å². The molecule has 2 saturated heterocycles. The summed E-state index contributed by atoms with van der Waals surface area (Å²) in [4.78, 5) is 12.7. The minimum Gasteiger partial charge on any atom is -0.457 e. The molecule has 11 atom stereocenters. The van der Waals surface area contributed by atoms with Gasteiger partial charge in [0.05, 0.1) is 26.4 Å². The van der Waals surface area contributed by atoms with E-state index in [1.54, 1.807) is 0 Å². The fraction of sp³-hybridized carbons (Fsp3) is 0.744. The van der Waals surface area contributed by atoms with E-state index in [0.717, 1.165) is 77.0 Å². The molecule has 57 heavy (non-hydrogen) atoms. The molecule has 14 heteroatoms. The minimum absolute atomic E-state index is 0.0287. The number of rotatable bonds is 30. The Labute approximate surface area is 339 Å². The lowest BCUT2D eigenvalue weighted by Gasteiger charge is -2.42. The lowest BCUT2D eigenvalue weighted by Crippen LogP contribution is -2.61. The van der Waals surface area contributed by atoms with Gasteiger partial charge in [0.1, 0.15) is 54.9 Å².